The lowest BCUT2D eigenvalue weighted by molar-refractivity contribution is -0.122. The smallest absolute Gasteiger partial charge is 0.335 e. The van der Waals surface area contributed by atoms with Crippen molar-refractivity contribution >= 4 is 45.5 Å². The van der Waals surface area contributed by atoms with Crippen molar-refractivity contribution < 1.29 is 23.9 Å². The van der Waals surface area contributed by atoms with Crippen molar-refractivity contribution in [1.82, 2.24) is 5.32 Å². The van der Waals surface area contributed by atoms with Gasteiger partial charge in [-0.15, -0.1) is 0 Å². The number of rotatable bonds is 5. The van der Waals surface area contributed by atoms with Gasteiger partial charge in [0, 0.05) is 4.47 Å². The Labute approximate surface area is 176 Å². The molecule has 2 aromatic rings. The molecule has 2 aromatic carbocycles. The van der Waals surface area contributed by atoms with Crippen LogP contribution >= 0.6 is 15.9 Å². The molecule has 4 amide bonds. The van der Waals surface area contributed by atoms with Crippen molar-refractivity contribution in [3.8, 4) is 11.5 Å². The second-order valence-corrected chi connectivity index (χ2v) is 7.06. The predicted octanol–water partition coefficient (Wildman–Crippen LogP) is 3.83. The summed E-state index contributed by atoms with van der Waals surface area (Å²) in [6, 6.07) is 9.52. The highest BCUT2D eigenvalue weighted by Gasteiger charge is 2.37. The summed E-state index contributed by atoms with van der Waals surface area (Å²) in [5.41, 5.74) is 1.51. The number of imide groups is 2. The number of nitrogens with one attached hydrogen (secondary N) is 1. The molecule has 150 valence electrons. The van der Waals surface area contributed by atoms with Crippen LogP contribution in [0.15, 0.2) is 46.4 Å². The van der Waals surface area contributed by atoms with E-state index in [0.29, 0.717) is 33.8 Å². The highest BCUT2D eigenvalue weighted by atomic mass is 79.9. The van der Waals surface area contributed by atoms with Crippen LogP contribution < -0.4 is 19.7 Å². The highest BCUT2D eigenvalue weighted by molar-refractivity contribution is 9.10. The van der Waals surface area contributed by atoms with Crippen molar-refractivity contribution in [1.29, 1.82) is 0 Å². The van der Waals surface area contributed by atoms with E-state index < -0.39 is 17.8 Å². The molecule has 1 aliphatic heterocycles. The molecule has 1 heterocycles. The fourth-order valence-electron chi connectivity index (χ4n) is 2.94. The molecule has 0 atom stereocenters. The number of amides is 4. The fraction of sp³-hybridized carbons (Fsp3) is 0.190. The van der Waals surface area contributed by atoms with Crippen LogP contribution in [0.25, 0.3) is 6.08 Å². The first kappa shape index (κ1) is 20.6. The van der Waals surface area contributed by atoms with Gasteiger partial charge in [0.2, 0.25) is 0 Å². The third-order valence-corrected chi connectivity index (χ3v) is 5.03. The van der Waals surface area contributed by atoms with Crippen molar-refractivity contribution in [2.45, 2.75) is 13.8 Å². The van der Waals surface area contributed by atoms with Crippen molar-refractivity contribution in [3.63, 3.8) is 0 Å². The Morgan fingerprint density at radius 1 is 1.14 bits per heavy atom. The van der Waals surface area contributed by atoms with E-state index in [9.17, 15) is 14.4 Å². The third kappa shape index (κ3) is 4.02. The van der Waals surface area contributed by atoms with E-state index >= 15 is 0 Å². The summed E-state index contributed by atoms with van der Waals surface area (Å²) >= 11 is 3.42. The lowest BCUT2D eigenvalue weighted by Crippen LogP contribution is -2.54. The average Bonchev–Trinajstić information content (AvgIpc) is 2.68. The number of aryl methyl sites for hydroxylation is 1. The van der Waals surface area contributed by atoms with Gasteiger partial charge in [-0.1, -0.05) is 34.1 Å². The minimum absolute atomic E-state index is 0.166. The molecule has 0 radical (unpaired) electrons. The molecule has 0 saturated carbocycles. The number of methoxy groups -OCH3 is 1. The molecule has 1 fully saturated rings. The Morgan fingerprint density at radius 3 is 2.52 bits per heavy atom. The first-order valence-corrected chi connectivity index (χ1v) is 9.64. The Bertz CT molecular complexity index is 1030. The van der Waals surface area contributed by atoms with Gasteiger partial charge in [0.25, 0.3) is 11.8 Å². The standard InChI is InChI=1S/C21H19BrN2O5/c1-4-29-18-10-13(15(22)11-17(18)28-3)9-14-19(25)23-21(27)24(20(14)26)16-8-6-5-7-12(16)2/h5-11H,4H2,1-3H3,(H,23,25,27)/b14-9+. The maximum absolute atomic E-state index is 13.1. The number of para-hydroxylation sites is 1. The van der Waals surface area contributed by atoms with Crippen LogP contribution in [0.2, 0.25) is 0 Å². The number of urea groups is 1. The Balaban J connectivity index is 2.08. The second-order valence-electron chi connectivity index (χ2n) is 6.20. The van der Waals surface area contributed by atoms with E-state index in [2.05, 4.69) is 21.2 Å². The first-order chi connectivity index (χ1) is 13.9. The van der Waals surface area contributed by atoms with Crippen LogP contribution in [0.1, 0.15) is 18.1 Å². The molecule has 7 nitrogen and oxygen atoms in total. The van der Waals surface area contributed by atoms with E-state index in [1.165, 1.54) is 13.2 Å². The molecule has 3 rings (SSSR count). The van der Waals surface area contributed by atoms with Crippen LogP contribution in [0.5, 0.6) is 11.5 Å². The third-order valence-electron chi connectivity index (χ3n) is 4.34. The van der Waals surface area contributed by atoms with Gasteiger partial charge in [-0.25, -0.2) is 9.69 Å². The molecule has 0 bridgehead atoms. The summed E-state index contributed by atoms with van der Waals surface area (Å²) in [7, 11) is 1.52. The van der Waals surface area contributed by atoms with E-state index in [1.54, 1.807) is 43.3 Å². The van der Waals surface area contributed by atoms with Gasteiger partial charge in [-0.05, 0) is 49.2 Å². The van der Waals surface area contributed by atoms with Crippen LogP contribution in [0, 0.1) is 6.92 Å². The van der Waals surface area contributed by atoms with Gasteiger partial charge in [-0.2, -0.15) is 0 Å². The number of hydrogen-bond acceptors (Lipinski definition) is 5. The van der Waals surface area contributed by atoms with E-state index in [0.717, 1.165) is 10.5 Å². The van der Waals surface area contributed by atoms with Gasteiger partial charge < -0.3 is 9.47 Å². The van der Waals surface area contributed by atoms with Gasteiger partial charge in [0.15, 0.2) is 11.5 Å². The number of hydrogen-bond donors (Lipinski definition) is 1. The minimum atomic E-state index is -0.782. The number of barbiturate groups is 1. The van der Waals surface area contributed by atoms with Crippen LogP contribution in [-0.2, 0) is 9.59 Å². The van der Waals surface area contributed by atoms with E-state index in [-0.39, 0.29) is 5.57 Å². The lowest BCUT2D eigenvalue weighted by atomic mass is 10.1. The van der Waals surface area contributed by atoms with Gasteiger partial charge in [-0.3, -0.25) is 14.9 Å². The maximum atomic E-state index is 13.1. The molecule has 0 aliphatic carbocycles. The largest absolute Gasteiger partial charge is 0.493 e. The quantitative estimate of drug-likeness (QED) is 0.543. The molecule has 0 spiro atoms. The second kappa shape index (κ2) is 8.48. The minimum Gasteiger partial charge on any atom is -0.493 e. The number of anilines is 1. The molecule has 1 saturated heterocycles. The maximum Gasteiger partial charge on any atom is 0.335 e. The molecule has 8 heteroatoms. The monoisotopic (exact) mass is 458 g/mol. The zero-order valence-electron chi connectivity index (χ0n) is 16.1. The number of benzene rings is 2. The highest BCUT2D eigenvalue weighted by Crippen LogP contribution is 2.35. The molecule has 0 unspecified atom stereocenters. The molecule has 1 N–H and O–H groups in total. The lowest BCUT2D eigenvalue weighted by Gasteiger charge is -2.27. The summed E-state index contributed by atoms with van der Waals surface area (Å²) in [4.78, 5) is 38.8. The van der Waals surface area contributed by atoms with Crippen molar-refractivity contribution in [3.05, 3.63) is 57.6 Å². The summed E-state index contributed by atoms with van der Waals surface area (Å²) in [6.45, 7) is 4.04. The first-order valence-electron chi connectivity index (χ1n) is 8.84. The Hall–Kier alpha value is -3.13. The number of halogens is 1. The molecular weight excluding hydrogens is 440 g/mol. The summed E-state index contributed by atoms with van der Waals surface area (Å²) in [5, 5.41) is 2.23. The SMILES string of the molecule is CCOc1cc(/C=C2\C(=O)NC(=O)N(c3ccccc3C)C2=O)c(Br)cc1OC. The van der Waals surface area contributed by atoms with Crippen molar-refractivity contribution in [2.24, 2.45) is 0 Å². The van der Waals surface area contributed by atoms with Gasteiger partial charge >= 0.3 is 6.03 Å². The van der Waals surface area contributed by atoms with Crippen LogP contribution in [-0.4, -0.2) is 31.6 Å². The zero-order valence-corrected chi connectivity index (χ0v) is 17.7. The number of nitrogens with zero attached hydrogens (tertiary/aromatic N) is 1. The van der Waals surface area contributed by atoms with Crippen LogP contribution in [0.3, 0.4) is 0 Å². The number of carbonyl (C=O) groups is 3. The van der Waals surface area contributed by atoms with E-state index in [4.69, 9.17) is 9.47 Å². The molecular formula is C21H19BrN2O5. The zero-order chi connectivity index (χ0) is 21.1. The number of carbonyl (C=O) groups excluding carboxylic acids is 3. The summed E-state index contributed by atoms with van der Waals surface area (Å²) in [6.07, 6.45) is 1.42. The number of ether oxygens (including phenoxy) is 2. The van der Waals surface area contributed by atoms with E-state index in [1.807, 2.05) is 6.92 Å². The fourth-order valence-corrected chi connectivity index (χ4v) is 3.37. The Morgan fingerprint density at radius 2 is 1.86 bits per heavy atom. The molecule has 0 aromatic heterocycles. The molecule has 1 aliphatic rings. The topological polar surface area (TPSA) is 84.9 Å². The van der Waals surface area contributed by atoms with Gasteiger partial charge in [0.05, 0.1) is 19.4 Å². The van der Waals surface area contributed by atoms with Gasteiger partial charge in [0.1, 0.15) is 5.57 Å². The van der Waals surface area contributed by atoms with Crippen molar-refractivity contribution in [2.75, 3.05) is 18.6 Å². The molecule has 29 heavy (non-hydrogen) atoms. The predicted molar refractivity (Wildman–Crippen MR) is 112 cm³/mol. The summed E-state index contributed by atoms with van der Waals surface area (Å²) < 4.78 is 11.5. The Kier molecular flexibility index (Phi) is 6.03. The normalized spacial score (nSPS) is 15.5. The average molecular weight is 459 g/mol. The van der Waals surface area contributed by atoms with Crippen LogP contribution in [0.4, 0.5) is 10.5 Å². The summed E-state index contributed by atoms with van der Waals surface area (Å²) in [5.74, 6) is -0.475.